The van der Waals surface area contributed by atoms with Gasteiger partial charge in [0.1, 0.15) is 11.4 Å². The average Bonchev–Trinajstić information content (AvgIpc) is 3.47. The second-order valence-electron chi connectivity index (χ2n) is 8.11. The molecule has 1 aromatic heterocycles. The Kier molecular flexibility index (Phi) is 3.59. The first-order valence-electron chi connectivity index (χ1n) is 9.52. The summed E-state index contributed by atoms with van der Waals surface area (Å²) < 4.78 is 16.9. The van der Waals surface area contributed by atoms with Gasteiger partial charge in [-0.15, -0.1) is 0 Å². The minimum absolute atomic E-state index is 0.155. The van der Waals surface area contributed by atoms with Crippen LogP contribution in [0.3, 0.4) is 0 Å². The number of piperazine rings is 1. The summed E-state index contributed by atoms with van der Waals surface area (Å²) in [6.07, 6.45) is 5.50. The van der Waals surface area contributed by atoms with Gasteiger partial charge in [-0.3, -0.25) is 9.69 Å². The highest BCUT2D eigenvalue weighted by atomic mass is 19.1. The lowest BCUT2D eigenvalue weighted by Gasteiger charge is -2.51. The number of carboxylic acid groups (broad SMARTS) is 1. The lowest BCUT2D eigenvalue weighted by Crippen LogP contribution is -2.61. The largest absolute Gasteiger partial charge is 0.477 e. The second kappa shape index (κ2) is 5.79. The zero-order chi connectivity index (χ0) is 18.9. The normalized spacial score (nSPS) is 25.3. The molecule has 1 aromatic carbocycles. The van der Waals surface area contributed by atoms with Crippen molar-refractivity contribution in [3.05, 3.63) is 39.9 Å². The number of hydrogen-bond donors (Lipinski definition) is 1. The number of piperidine rings is 2. The van der Waals surface area contributed by atoms with Gasteiger partial charge in [-0.2, -0.15) is 0 Å². The first-order valence-corrected chi connectivity index (χ1v) is 9.52. The van der Waals surface area contributed by atoms with Crippen LogP contribution in [0.4, 0.5) is 10.1 Å². The molecule has 4 aliphatic rings. The van der Waals surface area contributed by atoms with Gasteiger partial charge in [0.2, 0.25) is 5.43 Å². The van der Waals surface area contributed by atoms with Crippen LogP contribution in [0.2, 0.25) is 0 Å². The number of nitrogens with zero attached hydrogens (tertiary/aromatic N) is 3. The Hall–Kier alpha value is -2.41. The number of carbonyl (C=O) groups is 1. The quantitative estimate of drug-likeness (QED) is 0.898. The number of pyridine rings is 1. The lowest BCUT2D eigenvalue weighted by molar-refractivity contribution is 0.0695. The van der Waals surface area contributed by atoms with Crippen LogP contribution < -0.4 is 10.3 Å². The third-order valence-electron chi connectivity index (χ3n) is 6.38. The molecule has 1 N–H and O–H groups in total. The van der Waals surface area contributed by atoms with Gasteiger partial charge in [0, 0.05) is 42.8 Å². The Morgan fingerprint density at radius 2 is 1.81 bits per heavy atom. The number of aromatic carboxylic acids is 1. The number of benzene rings is 1. The van der Waals surface area contributed by atoms with Gasteiger partial charge in [0.25, 0.3) is 0 Å². The van der Waals surface area contributed by atoms with Crippen LogP contribution in [0, 0.1) is 5.82 Å². The Morgan fingerprint density at radius 1 is 1.11 bits per heavy atom. The molecule has 3 aliphatic heterocycles. The van der Waals surface area contributed by atoms with E-state index in [2.05, 4.69) is 16.8 Å². The molecule has 0 radical (unpaired) electrons. The zero-order valence-electron chi connectivity index (χ0n) is 15.2. The Balaban J connectivity index is 1.69. The summed E-state index contributed by atoms with van der Waals surface area (Å²) in [5.41, 5.74) is 0.265. The molecular formula is C20H22FN3O3. The molecule has 142 valence electrons. The number of halogens is 1. The van der Waals surface area contributed by atoms with Crippen molar-refractivity contribution in [1.29, 1.82) is 0 Å². The summed E-state index contributed by atoms with van der Waals surface area (Å²) >= 11 is 0. The van der Waals surface area contributed by atoms with Crippen LogP contribution in [0.1, 0.15) is 42.1 Å². The van der Waals surface area contributed by atoms with Crippen molar-refractivity contribution in [2.24, 2.45) is 0 Å². The molecule has 0 spiro atoms. The summed E-state index contributed by atoms with van der Waals surface area (Å²) in [6.45, 7) is 1.69. The molecule has 6 nitrogen and oxygen atoms in total. The van der Waals surface area contributed by atoms with E-state index in [1.54, 1.807) is 6.07 Å². The molecule has 0 unspecified atom stereocenters. The van der Waals surface area contributed by atoms with E-state index < -0.39 is 17.2 Å². The highest BCUT2D eigenvalue weighted by Crippen LogP contribution is 2.39. The number of rotatable bonds is 3. The van der Waals surface area contributed by atoms with E-state index in [0.717, 1.165) is 38.8 Å². The molecule has 7 heteroatoms. The van der Waals surface area contributed by atoms with Crippen molar-refractivity contribution >= 4 is 22.6 Å². The number of aromatic nitrogens is 1. The average molecular weight is 371 g/mol. The summed E-state index contributed by atoms with van der Waals surface area (Å²) in [7, 11) is 2.11. The molecule has 4 heterocycles. The predicted octanol–water partition coefficient (Wildman–Crippen LogP) is 2.46. The smallest absolute Gasteiger partial charge is 0.341 e. The van der Waals surface area contributed by atoms with Crippen molar-refractivity contribution in [2.45, 2.75) is 43.8 Å². The maximum Gasteiger partial charge on any atom is 0.341 e. The Morgan fingerprint density at radius 3 is 2.41 bits per heavy atom. The molecule has 2 aromatic rings. The minimum atomic E-state index is -1.27. The fourth-order valence-electron chi connectivity index (χ4n) is 4.72. The van der Waals surface area contributed by atoms with Crippen LogP contribution >= 0.6 is 0 Å². The standard InChI is InChI=1S/C20H22FN3O3/c1-22-8-13-5-4-12(22)9-23(13)18-7-17-14(6-16(18)21)19(25)15(20(26)27)10-24(17)11-2-3-11/h6-7,10-13H,2-5,8-9H2,1H3,(H,26,27)/t12-,13+/m1/s1. The Bertz CT molecular complexity index is 1010. The van der Waals surface area contributed by atoms with Gasteiger partial charge in [-0.1, -0.05) is 0 Å². The molecule has 3 saturated heterocycles. The van der Waals surface area contributed by atoms with Crippen molar-refractivity contribution in [3.63, 3.8) is 0 Å². The number of anilines is 1. The predicted molar refractivity (Wildman–Crippen MR) is 100 cm³/mol. The van der Waals surface area contributed by atoms with Crippen LogP contribution in [0.5, 0.6) is 0 Å². The van der Waals surface area contributed by atoms with E-state index in [1.165, 1.54) is 12.3 Å². The van der Waals surface area contributed by atoms with Crippen molar-refractivity contribution in [2.75, 3.05) is 25.0 Å². The minimum Gasteiger partial charge on any atom is -0.477 e. The van der Waals surface area contributed by atoms with E-state index in [-0.39, 0.29) is 23.0 Å². The molecule has 2 atom stereocenters. The molecule has 4 fully saturated rings. The molecule has 27 heavy (non-hydrogen) atoms. The number of likely N-dealkylation sites (N-methyl/N-ethyl adjacent to an activating group) is 1. The van der Waals surface area contributed by atoms with E-state index in [4.69, 9.17) is 0 Å². The van der Waals surface area contributed by atoms with Crippen molar-refractivity contribution in [3.8, 4) is 0 Å². The SMILES string of the molecule is CN1C[C@@H]2CC[C@@H]1CN2c1cc2c(cc1F)c(=O)c(C(=O)O)cn2C1CC1. The summed E-state index contributed by atoms with van der Waals surface area (Å²) in [5.74, 6) is -1.71. The monoisotopic (exact) mass is 371 g/mol. The van der Waals surface area contributed by atoms with E-state index in [9.17, 15) is 14.7 Å². The van der Waals surface area contributed by atoms with Crippen molar-refractivity contribution in [1.82, 2.24) is 9.47 Å². The number of hydrogen-bond acceptors (Lipinski definition) is 4. The molecule has 1 aliphatic carbocycles. The van der Waals surface area contributed by atoms with Gasteiger partial charge in [-0.25, -0.2) is 9.18 Å². The maximum absolute atomic E-state index is 15.0. The molecular weight excluding hydrogens is 349 g/mol. The third-order valence-corrected chi connectivity index (χ3v) is 6.38. The van der Waals surface area contributed by atoms with E-state index in [1.807, 2.05) is 4.57 Å². The topological polar surface area (TPSA) is 65.8 Å². The van der Waals surface area contributed by atoms with Crippen LogP contribution in [0.15, 0.2) is 23.1 Å². The highest BCUT2D eigenvalue weighted by molar-refractivity contribution is 5.93. The maximum atomic E-state index is 15.0. The lowest BCUT2D eigenvalue weighted by atomic mass is 9.90. The molecule has 0 amide bonds. The Labute approximate surface area is 155 Å². The fraction of sp³-hybridized carbons (Fsp3) is 0.500. The van der Waals surface area contributed by atoms with Gasteiger partial charge in [0.15, 0.2) is 0 Å². The van der Waals surface area contributed by atoms with Gasteiger partial charge in [0.05, 0.1) is 11.2 Å². The molecule has 2 bridgehead atoms. The summed E-state index contributed by atoms with van der Waals surface area (Å²) in [5, 5.41) is 9.51. The zero-order valence-corrected chi connectivity index (χ0v) is 15.2. The fourth-order valence-corrected chi connectivity index (χ4v) is 4.72. The van der Waals surface area contributed by atoms with Crippen molar-refractivity contribution < 1.29 is 14.3 Å². The van der Waals surface area contributed by atoms with Gasteiger partial charge in [-0.05, 0) is 44.9 Å². The van der Waals surface area contributed by atoms with E-state index >= 15 is 4.39 Å². The second-order valence-corrected chi connectivity index (χ2v) is 8.11. The van der Waals surface area contributed by atoms with Crippen LogP contribution in [-0.4, -0.2) is 52.8 Å². The summed E-state index contributed by atoms with van der Waals surface area (Å²) in [4.78, 5) is 28.5. The van der Waals surface area contributed by atoms with Gasteiger partial charge >= 0.3 is 5.97 Å². The summed E-state index contributed by atoms with van der Waals surface area (Å²) in [6, 6.07) is 3.88. The molecule has 1 saturated carbocycles. The van der Waals surface area contributed by atoms with Gasteiger partial charge < -0.3 is 14.6 Å². The van der Waals surface area contributed by atoms with E-state index in [0.29, 0.717) is 17.2 Å². The first-order chi connectivity index (χ1) is 12.9. The molecule has 6 rings (SSSR count). The first kappa shape index (κ1) is 16.7. The number of fused-ring (bicyclic) bond motifs is 4. The highest BCUT2D eigenvalue weighted by Gasteiger charge is 2.38. The number of carboxylic acids is 1. The van der Waals surface area contributed by atoms with Crippen LogP contribution in [-0.2, 0) is 0 Å². The van der Waals surface area contributed by atoms with Crippen LogP contribution in [0.25, 0.3) is 10.9 Å². The third kappa shape index (κ3) is 2.56.